The highest BCUT2D eigenvalue weighted by Gasteiger charge is 2.33. The fraction of sp³-hybridized carbons (Fsp3) is 0.833. The first-order chi connectivity index (χ1) is 6.08. The van der Waals surface area contributed by atoms with Crippen LogP contribution in [0.5, 0.6) is 0 Å². The number of aliphatic hydroxyl groups is 1. The minimum atomic E-state index is 0.319. The standard InChI is InChI=1S/C12H22O/c1-10-6-4-8-12(2,3)11(10)7-5-9-13/h11,13H,1,4-9H2,2-3H3/t11-/m1/s1. The largest absolute Gasteiger partial charge is 0.396 e. The first kappa shape index (κ1) is 10.8. The van der Waals surface area contributed by atoms with Crippen molar-refractivity contribution in [2.75, 3.05) is 6.61 Å². The molecule has 1 fully saturated rings. The van der Waals surface area contributed by atoms with Crippen LogP contribution in [0.1, 0.15) is 46.0 Å². The van der Waals surface area contributed by atoms with E-state index in [1.807, 2.05) is 0 Å². The zero-order valence-corrected chi connectivity index (χ0v) is 8.97. The van der Waals surface area contributed by atoms with Crippen LogP contribution in [0.3, 0.4) is 0 Å². The van der Waals surface area contributed by atoms with E-state index in [1.54, 1.807) is 0 Å². The van der Waals surface area contributed by atoms with Crippen molar-refractivity contribution >= 4 is 0 Å². The number of hydrogen-bond donors (Lipinski definition) is 1. The van der Waals surface area contributed by atoms with Crippen LogP contribution in [0, 0.1) is 11.3 Å². The lowest BCUT2D eigenvalue weighted by molar-refractivity contribution is 0.166. The fourth-order valence-corrected chi connectivity index (χ4v) is 2.56. The molecule has 0 bridgehead atoms. The topological polar surface area (TPSA) is 20.2 Å². The van der Waals surface area contributed by atoms with Crippen molar-refractivity contribution in [1.82, 2.24) is 0 Å². The maximum atomic E-state index is 8.82. The van der Waals surface area contributed by atoms with Gasteiger partial charge in [-0.2, -0.15) is 0 Å². The Balaban J connectivity index is 2.58. The van der Waals surface area contributed by atoms with Gasteiger partial charge in [0.1, 0.15) is 0 Å². The third kappa shape index (κ3) is 2.57. The lowest BCUT2D eigenvalue weighted by atomic mass is 9.65. The van der Waals surface area contributed by atoms with Gasteiger partial charge in [0.2, 0.25) is 0 Å². The predicted molar refractivity (Wildman–Crippen MR) is 56.6 cm³/mol. The van der Waals surface area contributed by atoms with Gasteiger partial charge in [0.05, 0.1) is 0 Å². The van der Waals surface area contributed by atoms with Gasteiger partial charge in [0.25, 0.3) is 0 Å². The Morgan fingerprint density at radius 1 is 1.54 bits per heavy atom. The van der Waals surface area contributed by atoms with Crippen LogP contribution in [-0.4, -0.2) is 11.7 Å². The lowest BCUT2D eigenvalue weighted by Gasteiger charge is -2.40. The third-order valence-corrected chi connectivity index (χ3v) is 3.41. The first-order valence-corrected chi connectivity index (χ1v) is 5.36. The molecule has 1 saturated carbocycles. The van der Waals surface area contributed by atoms with Crippen LogP contribution in [0.2, 0.25) is 0 Å². The van der Waals surface area contributed by atoms with Gasteiger partial charge in [0, 0.05) is 6.61 Å². The quantitative estimate of drug-likeness (QED) is 0.665. The van der Waals surface area contributed by atoms with Crippen LogP contribution in [-0.2, 0) is 0 Å². The summed E-state index contributed by atoms with van der Waals surface area (Å²) in [4.78, 5) is 0. The summed E-state index contributed by atoms with van der Waals surface area (Å²) in [6.07, 6.45) is 5.83. The number of aliphatic hydroxyl groups excluding tert-OH is 1. The van der Waals surface area contributed by atoms with Crippen LogP contribution in [0.25, 0.3) is 0 Å². The predicted octanol–water partition coefficient (Wildman–Crippen LogP) is 3.14. The zero-order chi connectivity index (χ0) is 9.90. The highest BCUT2D eigenvalue weighted by molar-refractivity contribution is 5.09. The smallest absolute Gasteiger partial charge is 0.0431 e. The summed E-state index contributed by atoms with van der Waals surface area (Å²) in [5.41, 5.74) is 1.81. The minimum absolute atomic E-state index is 0.319. The molecule has 0 aliphatic heterocycles. The lowest BCUT2D eigenvalue weighted by Crippen LogP contribution is -2.29. The van der Waals surface area contributed by atoms with Crippen molar-refractivity contribution in [1.29, 1.82) is 0 Å². The van der Waals surface area contributed by atoms with Crippen molar-refractivity contribution in [3.05, 3.63) is 12.2 Å². The molecule has 0 aromatic rings. The molecule has 0 aromatic heterocycles. The maximum Gasteiger partial charge on any atom is 0.0431 e. The average Bonchev–Trinajstić information content (AvgIpc) is 2.02. The second kappa shape index (κ2) is 4.28. The van der Waals surface area contributed by atoms with Gasteiger partial charge < -0.3 is 5.11 Å². The average molecular weight is 182 g/mol. The zero-order valence-electron chi connectivity index (χ0n) is 8.97. The van der Waals surface area contributed by atoms with Crippen molar-refractivity contribution in [2.24, 2.45) is 11.3 Å². The molecule has 76 valence electrons. The van der Waals surface area contributed by atoms with Crippen LogP contribution in [0.4, 0.5) is 0 Å². The van der Waals surface area contributed by atoms with E-state index in [4.69, 9.17) is 5.11 Å². The van der Waals surface area contributed by atoms with Gasteiger partial charge in [0.15, 0.2) is 0 Å². The van der Waals surface area contributed by atoms with Crippen molar-refractivity contribution in [3.63, 3.8) is 0 Å². The molecule has 0 amide bonds. The van der Waals surface area contributed by atoms with Gasteiger partial charge in [-0.1, -0.05) is 26.0 Å². The van der Waals surface area contributed by atoms with Crippen molar-refractivity contribution in [2.45, 2.75) is 46.0 Å². The van der Waals surface area contributed by atoms with Crippen LogP contribution >= 0.6 is 0 Å². The van der Waals surface area contributed by atoms with E-state index < -0.39 is 0 Å². The Bertz CT molecular complexity index is 182. The molecule has 0 unspecified atom stereocenters. The Hall–Kier alpha value is -0.300. The molecule has 0 aromatic carbocycles. The van der Waals surface area contributed by atoms with E-state index in [-0.39, 0.29) is 0 Å². The SMILES string of the molecule is C=C1CCCC(C)(C)[C@@H]1CCCO. The number of hydrogen-bond acceptors (Lipinski definition) is 1. The Kier molecular flexibility index (Phi) is 3.55. The van der Waals surface area contributed by atoms with E-state index in [0.29, 0.717) is 17.9 Å². The van der Waals surface area contributed by atoms with E-state index >= 15 is 0 Å². The Morgan fingerprint density at radius 2 is 2.23 bits per heavy atom. The van der Waals surface area contributed by atoms with Crippen molar-refractivity contribution < 1.29 is 5.11 Å². The molecule has 1 N–H and O–H groups in total. The Morgan fingerprint density at radius 3 is 2.77 bits per heavy atom. The fourth-order valence-electron chi connectivity index (χ4n) is 2.56. The van der Waals surface area contributed by atoms with Crippen LogP contribution in [0.15, 0.2) is 12.2 Å². The highest BCUT2D eigenvalue weighted by atomic mass is 16.2. The molecule has 1 aliphatic carbocycles. The molecule has 1 atom stereocenters. The van der Waals surface area contributed by atoms with E-state index in [2.05, 4.69) is 20.4 Å². The molecule has 1 heteroatoms. The summed E-state index contributed by atoms with van der Waals surface area (Å²) in [5.74, 6) is 0.633. The number of allylic oxidation sites excluding steroid dienone is 1. The van der Waals surface area contributed by atoms with Crippen molar-refractivity contribution in [3.8, 4) is 0 Å². The first-order valence-electron chi connectivity index (χ1n) is 5.36. The molecular formula is C12H22O. The second-order valence-electron chi connectivity index (χ2n) is 4.92. The van der Waals surface area contributed by atoms with Crippen LogP contribution < -0.4 is 0 Å². The molecule has 1 nitrogen and oxygen atoms in total. The molecule has 0 spiro atoms. The summed E-state index contributed by atoms with van der Waals surface area (Å²) in [7, 11) is 0. The summed E-state index contributed by atoms with van der Waals surface area (Å²) < 4.78 is 0. The molecule has 1 aliphatic rings. The third-order valence-electron chi connectivity index (χ3n) is 3.41. The molecular weight excluding hydrogens is 160 g/mol. The molecule has 1 rings (SSSR count). The summed E-state index contributed by atoms with van der Waals surface area (Å²) >= 11 is 0. The van der Waals surface area contributed by atoms with Gasteiger partial charge in [-0.3, -0.25) is 0 Å². The number of rotatable bonds is 3. The van der Waals surface area contributed by atoms with Gasteiger partial charge in [-0.05, 0) is 43.4 Å². The summed E-state index contributed by atoms with van der Waals surface area (Å²) in [6, 6.07) is 0. The van der Waals surface area contributed by atoms with Gasteiger partial charge >= 0.3 is 0 Å². The normalized spacial score (nSPS) is 27.6. The maximum absolute atomic E-state index is 8.82. The minimum Gasteiger partial charge on any atom is -0.396 e. The van der Waals surface area contributed by atoms with Gasteiger partial charge in [-0.25, -0.2) is 0 Å². The summed E-state index contributed by atoms with van der Waals surface area (Å²) in [5, 5.41) is 8.82. The van der Waals surface area contributed by atoms with E-state index in [0.717, 1.165) is 12.8 Å². The molecule has 0 radical (unpaired) electrons. The van der Waals surface area contributed by atoms with E-state index in [1.165, 1.54) is 24.8 Å². The molecule has 0 saturated heterocycles. The van der Waals surface area contributed by atoms with Gasteiger partial charge in [-0.15, -0.1) is 0 Å². The monoisotopic (exact) mass is 182 g/mol. The molecule has 0 heterocycles. The second-order valence-corrected chi connectivity index (χ2v) is 4.92. The summed E-state index contributed by atoms with van der Waals surface area (Å²) in [6.45, 7) is 9.15. The Labute approximate surface area is 81.9 Å². The van der Waals surface area contributed by atoms with E-state index in [9.17, 15) is 0 Å². The highest BCUT2D eigenvalue weighted by Crippen LogP contribution is 2.45. The molecule has 13 heavy (non-hydrogen) atoms.